The Hall–Kier alpha value is -1.52. The van der Waals surface area contributed by atoms with E-state index in [2.05, 4.69) is 9.98 Å². The number of benzene rings is 2. The molecule has 7 heteroatoms. The van der Waals surface area contributed by atoms with Crippen LogP contribution in [0.1, 0.15) is 11.1 Å². The molecule has 0 atom stereocenters. The Labute approximate surface area is 155 Å². The second-order valence-corrected chi connectivity index (χ2v) is 5.35. The zero-order valence-corrected chi connectivity index (χ0v) is 14.5. The molecule has 0 heterocycles. The Bertz CT molecular complexity index is 660. The third-order valence-corrected chi connectivity index (χ3v) is 3.27. The van der Waals surface area contributed by atoms with Gasteiger partial charge in [-0.1, -0.05) is 23.2 Å². The first-order chi connectivity index (χ1) is 10.6. The fourth-order valence-electron chi connectivity index (χ4n) is 1.70. The summed E-state index contributed by atoms with van der Waals surface area (Å²) in [7, 11) is 0. The van der Waals surface area contributed by atoms with Gasteiger partial charge in [0.2, 0.25) is 0 Å². The van der Waals surface area contributed by atoms with Gasteiger partial charge in [0, 0.05) is 50.7 Å². The fourth-order valence-corrected chi connectivity index (χ4v) is 2.06. The van der Waals surface area contributed by atoms with Crippen LogP contribution in [0.15, 0.2) is 46.4 Å². The summed E-state index contributed by atoms with van der Waals surface area (Å²) in [5.41, 5.74) is 1.12. The molecule has 2 rings (SSSR count). The van der Waals surface area contributed by atoms with Crippen molar-refractivity contribution < 1.29 is 27.3 Å². The van der Waals surface area contributed by atoms with E-state index in [1.807, 2.05) is 0 Å². The van der Waals surface area contributed by atoms with Gasteiger partial charge in [0.15, 0.2) is 0 Å². The molecule has 0 aromatic heterocycles. The number of aromatic hydroxyl groups is 2. The van der Waals surface area contributed by atoms with Gasteiger partial charge in [-0.2, -0.15) is 0 Å². The van der Waals surface area contributed by atoms with Gasteiger partial charge in [0.05, 0.1) is 13.1 Å². The molecule has 0 saturated heterocycles. The topological polar surface area (TPSA) is 65.2 Å². The number of rotatable bonds is 5. The largest absolute Gasteiger partial charge is 0.507 e. The summed E-state index contributed by atoms with van der Waals surface area (Å²) in [4.78, 5) is 8.34. The number of phenols is 2. The van der Waals surface area contributed by atoms with Gasteiger partial charge in [-0.15, -0.1) is 0 Å². The van der Waals surface area contributed by atoms with Crippen LogP contribution in [0.3, 0.4) is 0 Å². The van der Waals surface area contributed by atoms with Gasteiger partial charge in [-0.05, 0) is 36.4 Å². The number of phenolic OH excluding ortho intramolecular Hbond substituents is 2. The maximum absolute atomic E-state index is 9.62. The molecular weight excluding hydrogens is 379 g/mol. The first-order valence-electron chi connectivity index (χ1n) is 6.53. The Kier molecular flexibility index (Phi) is 8.13. The third kappa shape index (κ3) is 6.24. The maximum Gasteiger partial charge on any atom is 0.124 e. The molecule has 122 valence electrons. The van der Waals surface area contributed by atoms with Crippen LogP contribution >= 0.6 is 23.2 Å². The fraction of sp³-hybridized carbons (Fsp3) is 0.125. The van der Waals surface area contributed by atoms with Crippen LogP contribution < -0.4 is 0 Å². The molecule has 2 aromatic carbocycles. The van der Waals surface area contributed by atoms with Crippen molar-refractivity contribution in [3.63, 3.8) is 0 Å². The molecule has 0 aliphatic heterocycles. The minimum absolute atomic E-state index is 0. The van der Waals surface area contributed by atoms with Crippen molar-refractivity contribution in [3.05, 3.63) is 57.6 Å². The first-order valence-corrected chi connectivity index (χ1v) is 7.28. The standard InChI is InChI=1S/C16H14Cl2N2O2.Fe/c17-13-1-3-15(21)11(7-13)9-19-5-6-20-10-12-8-14(18)2-4-16(12)22;/h1-4,7-10,21-22H,5-6H2;. The molecule has 0 saturated carbocycles. The number of halogens is 2. The zero-order valence-electron chi connectivity index (χ0n) is 11.9. The van der Waals surface area contributed by atoms with E-state index in [1.54, 1.807) is 36.7 Å². The molecule has 2 N–H and O–H groups in total. The van der Waals surface area contributed by atoms with Crippen LogP contribution in [0.2, 0.25) is 10.0 Å². The Morgan fingerprint density at radius 3 is 1.57 bits per heavy atom. The molecule has 0 amide bonds. The molecule has 4 nitrogen and oxygen atoms in total. The SMILES string of the molecule is Oc1ccc(Cl)cc1C=NCCN=Cc1cc(Cl)ccc1O.[Fe]. The van der Waals surface area contributed by atoms with Gasteiger partial charge in [0.25, 0.3) is 0 Å². The van der Waals surface area contributed by atoms with Gasteiger partial charge >= 0.3 is 0 Å². The molecule has 0 fully saturated rings. The van der Waals surface area contributed by atoms with E-state index in [9.17, 15) is 10.2 Å². The number of nitrogens with zero attached hydrogens (tertiary/aromatic N) is 2. The molecule has 0 bridgehead atoms. The van der Waals surface area contributed by atoms with E-state index in [0.29, 0.717) is 34.3 Å². The summed E-state index contributed by atoms with van der Waals surface area (Å²) in [5, 5.41) is 20.3. The van der Waals surface area contributed by atoms with Crippen molar-refractivity contribution in [2.24, 2.45) is 9.98 Å². The Balaban J connectivity index is 0.00000264. The van der Waals surface area contributed by atoms with E-state index in [-0.39, 0.29) is 28.6 Å². The molecule has 0 spiro atoms. The molecule has 0 radical (unpaired) electrons. The predicted octanol–water partition coefficient (Wildman–Crippen LogP) is 3.94. The molecule has 0 aliphatic rings. The van der Waals surface area contributed by atoms with Crippen LogP contribution in [0.25, 0.3) is 0 Å². The van der Waals surface area contributed by atoms with Crippen LogP contribution in [0.5, 0.6) is 11.5 Å². The molecule has 0 aliphatic carbocycles. The molecule has 0 unspecified atom stereocenters. The van der Waals surface area contributed by atoms with Gasteiger partial charge in [0.1, 0.15) is 11.5 Å². The van der Waals surface area contributed by atoms with E-state index < -0.39 is 0 Å². The van der Waals surface area contributed by atoms with Crippen molar-refractivity contribution in [2.45, 2.75) is 0 Å². The average molecular weight is 393 g/mol. The average Bonchev–Trinajstić information content (AvgIpc) is 2.49. The van der Waals surface area contributed by atoms with Gasteiger partial charge in [-0.3, -0.25) is 9.98 Å². The summed E-state index contributed by atoms with van der Waals surface area (Å²) < 4.78 is 0. The summed E-state index contributed by atoms with van der Waals surface area (Å²) in [6, 6.07) is 9.51. The van der Waals surface area contributed by atoms with E-state index >= 15 is 0 Å². The first kappa shape index (κ1) is 19.5. The van der Waals surface area contributed by atoms with Crippen molar-refractivity contribution >= 4 is 35.6 Å². The zero-order chi connectivity index (χ0) is 15.9. The number of hydrogen-bond acceptors (Lipinski definition) is 4. The smallest absolute Gasteiger partial charge is 0.124 e. The van der Waals surface area contributed by atoms with Crippen LogP contribution in [0.4, 0.5) is 0 Å². The summed E-state index contributed by atoms with van der Waals surface area (Å²) in [5.74, 6) is 0.251. The van der Waals surface area contributed by atoms with Crippen LogP contribution in [-0.4, -0.2) is 35.7 Å². The minimum Gasteiger partial charge on any atom is -0.507 e. The van der Waals surface area contributed by atoms with E-state index in [0.717, 1.165) is 0 Å². The third-order valence-electron chi connectivity index (χ3n) is 2.80. The number of aliphatic imine (C=N–C) groups is 2. The van der Waals surface area contributed by atoms with Gasteiger partial charge in [-0.25, -0.2) is 0 Å². The summed E-state index contributed by atoms with van der Waals surface area (Å²) in [6.07, 6.45) is 3.10. The van der Waals surface area contributed by atoms with Crippen molar-refractivity contribution in [3.8, 4) is 11.5 Å². The minimum atomic E-state index is 0. The number of hydrogen-bond donors (Lipinski definition) is 2. The van der Waals surface area contributed by atoms with Gasteiger partial charge < -0.3 is 10.2 Å². The normalized spacial score (nSPS) is 11.0. The monoisotopic (exact) mass is 392 g/mol. The quantitative estimate of drug-likeness (QED) is 0.459. The molecular formula is C16H14Cl2FeN2O2. The Morgan fingerprint density at radius 2 is 1.17 bits per heavy atom. The van der Waals surface area contributed by atoms with E-state index in [4.69, 9.17) is 23.2 Å². The van der Waals surface area contributed by atoms with Crippen molar-refractivity contribution in [2.75, 3.05) is 13.1 Å². The summed E-state index contributed by atoms with van der Waals surface area (Å²) in [6.45, 7) is 0.896. The second-order valence-electron chi connectivity index (χ2n) is 4.48. The maximum atomic E-state index is 9.62. The van der Waals surface area contributed by atoms with E-state index in [1.165, 1.54) is 12.1 Å². The molecule has 2 aromatic rings. The Morgan fingerprint density at radius 1 is 0.783 bits per heavy atom. The van der Waals surface area contributed by atoms with Crippen LogP contribution in [0, 0.1) is 0 Å². The van der Waals surface area contributed by atoms with Crippen molar-refractivity contribution in [1.29, 1.82) is 0 Å². The molecule has 23 heavy (non-hydrogen) atoms. The van der Waals surface area contributed by atoms with Crippen molar-refractivity contribution in [1.82, 2.24) is 0 Å². The summed E-state index contributed by atoms with van der Waals surface area (Å²) >= 11 is 11.7. The van der Waals surface area contributed by atoms with Crippen LogP contribution in [-0.2, 0) is 17.1 Å². The second kappa shape index (κ2) is 9.58. The predicted molar refractivity (Wildman–Crippen MR) is 91.2 cm³/mol.